The first-order valence-electron chi connectivity index (χ1n) is 5.82. The second-order valence-corrected chi connectivity index (χ2v) is 6.84. The molecule has 0 aromatic heterocycles. The smallest absolute Gasteiger partial charge is 0.240 e. The van der Waals surface area contributed by atoms with Gasteiger partial charge in [-0.25, -0.2) is 17.5 Å². The Morgan fingerprint density at radius 2 is 2.15 bits per heavy atom. The second-order valence-electron chi connectivity index (χ2n) is 4.22. The van der Waals surface area contributed by atoms with Gasteiger partial charge in [0.05, 0.1) is 9.37 Å². The van der Waals surface area contributed by atoms with Crippen LogP contribution < -0.4 is 10.0 Å². The summed E-state index contributed by atoms with van der Waals surface area (Å²) in [7, 11) is -3.61. The molecule has 0 unspecified atom stereocenters. The molecule has 0 radical (unpaired) electrons. The van der Waals surface area contributed by atoms with Gasteiger partial charge in [0.15, 0.2) is 0 Å². The summed E-state index contributed by atoms with van der Waals surface area (Å²) in [5.74, 6) is -0.486. The van der Waals surface area contributed by atoms with Crippen molar-refractivity contribution >= 4 is 38.4 Å². The lowest BCUT2D eigenvalue weighted by molar-refractivity contribution is 0.581. The predicted octanol–water partition coefficient (Wildman–Crippen LogP) is 2.21. The van der Waals surface area contributed by atoms with Crippen LogP contribution in [0.15, 0.2) is 39.2 Å². The summed E-state index contributed by atoms with van der Waals surface area (Å²) in [6.07, 6.45) is 2.81. The molecule has 0 saturated heterocycles. The van der Waals surface area contributed by atoms with E-state index in [9.17, 15) is 12.8 Å². The van der Waals surface area contributed by atoms with Crippen LogP contribution in [0.25, 0.3) is 0 Å². The molecular weight excluding hydrogens is 371 g/mol. The van der Waals surface area contributed by atoms with Gasteiger partial charge in [-0.3, -0.25) is 0 Å². The average Bonchev–Trinajstić information content (AvgIpc) is 2.41. The standard InChI is InChI=1S/C12H14BrFN2O2S.ClH/c13-11-7-10(1-2-12(11)14)19(17,18)16-8-9-3-5-15-6-4-9;/h1-3,7,15-16H,4-6,8H2;1H. The zero-order chi connectivity index (χ0) is 13.9. The molecule has 20 heavy (non-hydrogen) atoms. The molecule has 1 aliphatic heterocycles. The molecule has 112 valence electrons. The number of benzene rings is 1. The van der Waals surface area contributed by atoms with E-state index < -0.39 is 15.8 Å². The molecule has 0 atom stereocenters. The molecule has 1 aromatic rings. The maximum Gasteiger partial charge on any atom is 0.240 e. The third-order valence-electron chi connectivity index (χ3n) is 2.85. The molecule has 0 aliphatic carbocycles. The minimum atomic E-state index is -3.61. The largest absolute Gasteiger partial charge is 0.313 e. The number of halogens is 3. The molecular formula is C12H15BrClFN2O2S. The van der Waals surface area contributed by atoms with Crippen LogP contribution in [0.4, 0.5) is 4.39 Å². The lowest BCUT2D eigenvalue weighted by atomic mass is 10.1. The van der Waals surface area contributed by atoms with Crippen molar-refractivity contribution in [3.05, 3.63) is 40.1 Å². The van der Waals surface area contributed by atoms with E-state index in [1.54, 1.807) is 0 Å². The molecule has 8 heteroatoms. The molecule has 0 saturated carbocycles. The maximum absolute atomic E-state index is 13.1. The third-order valence-corrected chi connectivity index (χ3v) is 4.86. The van der Waals surface area contributed by atoms with E-state index in [2.05, 4.69) is 26.0 Å². The summed E-state index contributed by atoms with van der Waals surface area (Å²) in [4.78, 5) is 0.0512. The van der Waals surface area contributed by atoms with Crippen LogP contribution in [-0.4, -0.2) is 28.1 Å². The SMILES string of the molecule is Cl.O=S(=O)(NCC1=CCNCC1)c1ccc(F)c(Br)c1. The van der Waals surface area contributed by atoms with Crippen molar-refractivity contribution in [1.82, 2.24) is 10.0 Å². The van der Waals surface area contributed by atoms with Crippen molar-refractivity contribution in [2.75, 3.05) is 19.6 Å². The quantitative estimate of drug-likeness (QED) is 0.781. The lowest BCUT2D eigenvalue weighted by Crippen LogP contribution is -2.29. The number of nitrogens with one attached hydrogen (secondary N) is 2. The highest BCUT2D eigenvalue weighted by molar-refractivity contribution is 9.10. The fourth-order valence-electron chi connectivity index (χ4n) is 1.75. The van der Waals surface area contributed by atoms with Crippen LogP contribution in [0.5, 0.6) is 0 Å². The van der Waals surface area contributed by atoms with Gasteiger partial charge in [-0.05, 0) is 47.1 Å². The van der Waals surface area contributed by atoms with Crippen LogP contribution in [0.2, 0.25) is 0 Å². The van der Waals surface area contributed by atoms with E-state index in [1.165, 1.54) is 12.1 Å². The molecule has 0 bridgehead atoms. The van der Waals surface area contributed by atoms with Crippen LogP contribution in [0.3, 0.4) is 0 Å². The van der Waals surface area contributed by atoms with Crippen LogP contribution in [-0.2, 0) is 10.0 Å². The molecule has 4 nitrogen and oxygen atoms in total. The van der Waals surface area contributed by atoms with E-state index in [1.807, 2.05) is 6.08 Å². The van der Waals surface area contributed by atoms with Crippen molar-refractivity contribution in [2.24, 2.45) is 0 Å². The Morgan fingerprint density at radius 1 is 1.40 bits per heavy atom. The first-order valence-corrected chi connectivity index (χ1v) is 8.10. The van der Waals surface area contributed by atoms with Gasteiger partial charge < -0.3 is 5.32 Å². The summed E-state index contributed by atoms with van der Waals surface area (Å²) >= 11 is 2.98. The first-order chi connectivity index (χ1) is 8.99. The van der Waals surface area contributed by atoms with Gasteiger partial charge in [0.1, 0.15) is 5.82 Å². The van der Waals surface area contributed by atoms with Crippen molar-refractivity contribution < 1.29 is 12.8 Å². The highest BCUT2D eigenvalue weighted by atomic mass is 79.9. The Morgan fingerprint density at radius 3 is 2.75 bits per heavy atom. The molecule has 1 heterocycles. The fourth-order valence-corrected chi connectivity index (χ4v) is 3.34. The van der Waals surface area contributed by atoms with Crippen LogP contribution in [0, 0.1) is 5.82 Å². The van der Waals surface area contributed by atoms with Crippen molar-refractivity contribution in [1.29, 1.82) is 0 Å². The molecule has 1 aromatic carbocycles. The fraction of sp³-hybridized carbons (Fsp3) is 0.333. The predicted molar refractivity (Wildman–Crippen MR) is 82.1 cm³/mol. The zero-order valence-corrected chi connectivity index (χ0v) is 13.7. The summed E-state index contributed by atoms with van der Waals surface area (Å²) in [5.41, 5.74) is 1.06. The van der Waals surface area contributed by atoms with Crippen LogP contribution in [0.1, 0.15) is 6.42 Å². The van der Waals surface area contributed by atoms with E-state index in [-0.39, 0.29) is 21.8 Å². The Labute approximate surface area is 132 Å². The normalized spacial score (nSPS) is 15.4. The van der Waals surface area contributed by atoms with Crippen molar-refractivity contribution in [3.8, 4) is 0 Å². The number of sulfonamides is 1. The summed E-state index contributed by atoms with van der Waals surface area (Å²) in [6, 6.07) is 3.64. The zero-order valence-electron chi connectivity index (χ0n) is 10.5. The molecule has 0 spiro atoms. The molecule has 2 N–H and O–H groups in total. The molecule has 0 amide bonds. The van der Waals surface area contributed by atoms with Gasteiger partial charge in [0.25, 0.3) is 0 Å². The van der Waals surface area contributed by atoms with E-state index in [0.717, 1.165) is 31.1 Å². The second kappa shape index (κ2) is 7.51. The summed E-state index contributed by atoms with van der Waals surface area (Å²) in [6.45, 7) is 1.91. The minimum absolute atomic E-state index is 0. The number of hydrogen-bond acceptors (Lipinski definition) is 3. The van der Waals surface area contributed by atoms with Crippen molar-refractivity contribution in [3.63, 3.8) is 0 Å². The maximum atomic E-state index is 13.1. The van der Waals surface area contributed by atoms with Gasteiger partial charge in [-0.2, -0.15) is 0 Å². The van der Waals surface area contributed by atoms with Gasteiger partial charge in [0, 0.05) is 13.1 Å². The Hall–Kier alpha value is -0.470. The topological polar surface area (TPSA) is 58.2 Å². The Kier molecular flexibility index (Phi) is 6.60. The van der Waals surface area contributed by atoms with Gasteiger partial charge in [-0.15, -0.1) is 12.4 Å². The van der Waals surface area contributed by atoms with E-state index >= 15 is 0 Å². The Bertz CT molecular complexity index is 607. The summed E-state index contributed by atoms with van der Waals surface area (Å²) < 4.78 is 39.8. The lowest BCUT2D eigenvalue weighted by Gasteiger charge is -2.14. The molecule has 1 aliphatic rings. The van der Waals surface area contributed by atoms with Crippen LogP contribution >= 0.6 is 28.3 Å². The number of rotatable bonds is 4. The highest BCUT2D eigenvalue weighted by Gasteiger charge is 2.16. The third kappa shape index (κ3) is 4.53. The Balaban J connectivity index is 0.00000200. The van der Waals surface area contributed by atoms with Gasteiger partial charge >= 0.3 is 0 Å². The van der Waals surface area contributed by atoms with E-state index in [0.29, 0.717) is 6.54 Å². The van der Waals surface area contributed by atoms with Crippen molar-refractivity contribution in [2.45, 2.75) is 11.3 Å². The average molecular weight is 386 g/mol. The molecule has 0 fully saturated rings. The first kappa shape index (κ1) is 17.6. The minimum Gasteiger partial charge on any atom is -0.313 e. The number of hydrogen-bond donors (Lipinski definition) is 2. The highest BCUT2D eigenvalue weighted by Crippen LogP contribution is 2.20. The van der Waals surface area contributed by atoms with E-state index in [4.69, 9.17) is 0 Å². The summed E-state index contributed by atoms with van der Waals surface area (Å²) in [5, 5.41) is 3.16. The van der Waals surface area contributed by atoms with Gasteiger partial charge in [0.2, 0.25) is 10.0 Å². The monoisotopic (exact) mass is 384 g/mol. The molecule has 2 rings (SSSR count). The van der Waals surface area contributed by atoms with Gasteiger partial charge in [-0.1, -0.05) is 11.6 Å².